The first-order chi connectivity index (χ1) is 11.0. The van der Waals surface area contributed by atoms with E-state index in [4.69, 9.17) is 4.74 Å². The fraction of sp³-hybridized carbons (Fsp3) is 0.389. The Hall–Kier alpha value is -1.72. The number of carbonyl (C=O) groups is 1. The molecule has 1 saturated carbocycles. The van der Waals surface area contributed by atoms with E-state index >= 15 is 0 Å². The lowest BCUT2D eigenvalue weighted by Gasteiger charge is -2.19. The Morgan fingerprint density at radius 1 is 1.30 bits per heavy atom. The number of nitrogens with one attached hydrogen (secondary N) is 1. The second kappa shape index (κ2) is 6.42. The van der Waals surface area contributed by atoms with Crippen molar-refractivity contribution < 1.29 is 13.9 Å². The Labute approximate surface area is 139 Å². The minimum absolute atomic E-state index is 0.000522. The number of methoxy groups -OCH3 is 1. The summed E-state index contributed by atoms with van der Waals surface area (Å²) in [5.41, 5.74) is 0.398. The molecular formula is C18H20FNO2S. The summed E-state index contributed by atoms with van der Waals surface area (Å²) in [7, 11) is 1.65. The highest BCUT2D eigenvalue weighted by molar-refractivity contribution is 7.12. The molecule has 1 aliphatic rings. The molecule has 1 aliphatic carbocycles. The summed E-state index contributed by atoms with van der Waals surface area (Å²) in [5.74, 6) is -0.281. The summed E-state index contributed by atoms with van der Waals surface area (Å²) in [5, 5.41) is 3.01. The maximum absolute atomic E-state index is 13.1. The smallest absolute Gasteiger partial charge is 0.230 e. The maximum atomic E-state index is 13.1. The fourth-order valence-corrected chi connectivity index (χ4v) is 3.78. The van der Waals surface area contributed by atoms with Crippen LogP contribution >= 0.6 is 11.3 Å². The monoisotopic (exact) mass is 333 g/mol. The van der Waals surface area contributed by atoms with E-state index in [9.17, 15) is 9.18 Å². The van der Waals surface area contributed by atoms with Crippen molar-refractivity contribution in [2.75, 3.05) is 13.7 Å². The highest BCUT2D eigenvalue weighted by Gasteiger charge is 2.51. The van der Waals surface area contributed by atoms with Gasteiger partial charge in [-0.05, 0) is 49.6 Å². The van der Waals surface area contributed by atoms with Gasteiger partial charge < -0.3 is 10.1 Å². The van der Waals surface area contributed by atoms with Crippen molar-refractivity contribution in [2.45, 2.75) is 31.3 Å². The largest absolute Gasteiger partial charge is 0.374 e. The van der Waals surface area contributed by atoms with Gasteiger partial charge in [-0.15, -0.1) is 11.3 Å². The van der Waals surface area contributed by atoms with E-state index in [2.05, 4.69) is 11.4 Å². The molecule has 0 radical (unpaired) electrons. The van der Waals surface area contributed by atoms with E-state index in [0.717, 1.165) is 23.3 Å². The molecular weight excluding hydrogens is 313 g/mol. The van der Waals surface area contributed by atoms with Crippen LogP contribution in [0.25, 0.3) is 0 Å². The predicted octanol–water partition coefficient (Wildman–Crippen LogP) is 3.73. The minimum Gasteiger partial charge on any atom is -0.374 e. The van der Waals surface area contributed by atoms with Crippen LogP contribution in [0.1, 0.15) is 34.3 Å². The number of halogens is 1. The lowest BCUT2D eigenvalue weighted by molar-refractivity contribution is -0.124. The topological polar surface area (TPSA) is 38.3 Å². The number of ether oxygens (including phenoxy) is 1. The Balaban J connectivity index is 1.66. The van der Waals surface area contributed by atoms with Crippen molar-refractivity contribution in [3.8, 4) is 0 Å². The van der Waals surface area contributed by atoms with E-state index < -0.39 is 5.41 Å². The maximum Gasteiger partial charge on any atom is 0.230 e. The molecule has 1 heterocycles. The van der Waals surface area contributed by atoms with Crippen LogP contribution in [0.4, 0.5) is 4.39 Å². The third-order valence-corrected chi connectivity index (χ3v) is 5.49. The molecule has 0 aliphatic heterocycles. The molecule has 122 valence electrons. The van der Waals surface area contributed by atoms with E-state index in [1.807, 2.05) is 13.0 Å². The van der Waals surface area contributed by atoms with E-state index in [1.54, 1.807) is 30.6 Å². The summed E-state index contributed by atoms with van der Waals surface area (Å²) in [6, 6.07) is 10.3. The Bertz CT molecular complexity index is 691. The van der Waals surface area contributed by atoms with Gasteiger partial charge in [0.15, 0.2) is 0 Å². The van der Waals surface area contributed by atoms with Crippen LogP contribution in [0.2, 0.25) is 0 Å². The summed E-state index contributed by atoms with van der Waals surface area (Å²) in [6.45, 7) is 2.49. The predicted molar refractivity (Wildman–Crippen MR) is 89.1 cm³/mol. The van der Waals surface area contributed by atoms with Crippen molar-refractivity contribution >= 4 is 17.2 Å². The number of benzene rings is 1. The first-order valence-corrected chi connectivity index (χ1v) is 8.50. The van der Waals surface area contributed by atoms with Crippen molar-refractivity contribution in [3.05, 3.63) is 57.5 Å². The van der Waals surface area contributed by atoms with Crippen LogP contribution in [0.15, 0.2) is 36.4 Å². The van der Waals surface area contributed by atoms with Gasteiger partial charge in [-0.2, -0.15) is 0 Å². The third-order valence-electron chi connectivity index (χ3n) is 4.39. The Morgan fingerprint density at radius 3 is 2.52 bits per heavy atom. The second-order valence-corrected chi connectivity index (χ2v) is 7.29. The minimum atomic E-state index is -0.489. The van der Waals surface area contributed by atoms with Gasteiger partial charge in [0.2, 0.25) is 5.91 Å². The van der Waals surface area contributed by atoms with Crippen molar-refractivity contribution in [1.82, 2.24) is 5.32 Å². The highest BCUT2D eigenvalue weighted by Crippen LogP contribution is 2.48. The third kappa shape index (κ3) is 3.31. The Morgan fingerprint density at radius 2 is 2.00 bits per heavy atom. The van der Waals surface area contributed by atoms with Gasteiger partial charge in [0, 0.05) is 23.4 Å². The van der Waals surface area contributed by atoms with Crippen molar-refractivity contribution in [3.63, 3.8) is 0 Å². The molecule has 1 atom stereocenters. The molecule has 0 bridgehead atoms. The van der Waals surface area contributed by atoms with Crippen molar-refractivity contribution in [2.24, 2.45) is 0 Å². The van der Waals surface area contributed by atoms with Gasteiger partial charge in [0.05, 0.1) is 5.41 Å². The van der Waals surface area contributed by atoms with Gasteiger partial charge in [0.1, 0.15) is 11.9 Å². The van der Waals surface area contributed by atoms with Crippen LogP contribution in [0.3, 0.4) is 0 Å². The Kier molecular flexibility index (Phi) is 4.50. The second-order valence-electron chi connectivity index (χ2n) is 5.97. The average Bonchev–Trinajstić information content (AvgIpc) is 3.25. The van der Waals surface area contributed by atoms with Crippen LogP contribution in [0, 0.1) is 12.7 Å². The molecule has 1 N–H and O–H groups in total. The van der Waals surface area contributed by atoms with Gasteiger partial charge in [0.25, 0.3) is 0 Å². The number of hydrogen-bond acceptors (Lipinski definition) is 3. The van der Waals surface area contributed by atoms with Crippen LogP contribution in [-0.4, -0.2) is 19.6 Å². The molecule has 0 saturated heterocycles. The number of aryl methyl sites for hydroxylation is 1. The molecule has 1 fully saturated rings. The molecule has 1 unspecified atom stereocenters. The van der Waals surface area contributed by atoms with Gasteiger partial charge >= 0.3 is 0 Å². The average molecular weight is 333 g/mol. The summed E-state index contributed by atoms with van der Waals surface area (Å²) < 4.78 is 18.6. The first-order valence-electron chi connectivity index (χ1n) is 7.68. The lowest BCUT2D eigenvalue weighted by Crippen LogP contribution is -2.37. The molecule has 5 heteroatoms. The fourth-order valence-electron chi connectivity index (χ4n) is 2.82. The highest BCUT2D eigenvalue weighted by atomic mass is 32.1. The molecule has 1 aromatic carbocycles. The zero-order valence-corrected chi connectivity index (χ0v) is 14.1. The molecule has 2 aromatic rings. The van der Waals surface area contributed by atoms with E-state index in [0.29, 0.717) is 6.54 Å². The number of rotatable bonds is 6. The zero-order valence-electron chi connectivity index (χ0n) is 13.3. The molecule has 1 amide bonds. The SMILES string of the molecule is COC(CNC(=O)C1(c2ccc(F)cc2)CC1)c1ccc(C)s1. The molecule has 1 aromatic heterocycles. The van der Waals surface area contributed by atoms with Gasteiger partial charge in [-0.1, -0.05) is 12.1 Å². The van der Waals surface area contributed by atoms with Crippen LogP contribution in [0.5, 0.6) is 0 Å². The van der Waals surface area contributed by atoms with Crippen LogP contribution in [-0.2, 0) is 14.9 Å². The summed E-state index contributed by atoms with van der Waals surface area (Å²) in [6.07, 6.45) is 1.47. The molecule has 3 rings (SSSR count). The van der Waals surface area contributed by atoms with Gasteiger partial charge in [-0.25, -0.2) is 4.39 Å². The van der Waals surface area contributed by atoms with Gasteiger partial charge in [-0.3, -0.25) is 4.79 Å². The first kappa shape index (κ1) is 16.1. The van der Waals surface area contributed by atoms with E-state index in [-0.39, 0.29) is 17.8 Å². The van der Waals surface area contributed by atoms with E-state index in [1.165, 1.54) is 17.0 Å². The van der Waals surface area contributed by atoms with Crippen molar-refractivity contribution in [1.29, 1.82) is 0 Å². The normalized spacial score (nSPS) is 16.8. The lowest BCUT2D eigenvalue weighted by atomic mass is 9.95. The standard InChI is InChI=1S/C18H20FNO2S/c1-12-3-8-16(23-12)15(22-2)11-20-17(21)18(9-10-18)13-4-6-14(19)7-5-13/h3-8,15H,9-11H2,1-2H3,(H,20,21). The number of thiophene rings is 1. The summed E-state index contributed by atoms with van der Waals surface area (Å²) in [4.78, 5) is 14.9. The number of hydrogen-bond donors (Lipinski definition) is 1. The molecule has 0 spiro atoms. The number of amides is 1. The quantitative estimate of drug-likeness (QED) is 0.875. The van der Waals surface area contributed by atoms with Crippen LogP contribution < -0.4 is 5.32 Å². The zero-order chi connectivity index (χ0) is 16.4. The summed E-state index contributed by atoms with van der Waals surface area (Å²) >= 11 is 1.68. The molecule has 23 heavy (non-hydrogen) atoms. The number of carbonyl (C=O) groups excluding carboxylic acids is 1. The molecule has 3 nitrogen and oxygen atoms in total.